The van der Waals surface area contributed by atoms with Gasteiger partial charge in [0.15, 0.2) is 0 Å². The SMILES string of the molecule is COP(=O)(/C=C/[C@@H]1[C@H](Oc2ccccc2Br)C(=O)N1C(C)C)OC. The third-order valence-corrected chi connectivity index (χ3v) is 5.96. The zero-order valence-corrected chi connectivity index (χ0v) is 16.5. The molecule has 1 aliphatic heterocycles. The monoisotopic (exact) mass is 417 g/mol. The Kier molecular flexibility index (Phi) is 6.26. The first kappa shape index (κ1) is 19.2. The number of nitrogens with zero attached hydrogens (tertiary/aromatic N) is 1. The second-order valence-corrected chi connectivity index (χ2v) is 8.51. The second kappa shape index (κ2) is 7.83. The Morgan fingerprint density at radius 2 is 1.88 bits per heavy atom. The maximum atomic E-state index is 12.4. The van der Waals surface area contributed by atoms with E-state index in [9.17, 15) is 9.36 Å². The van der Waals surface area contributed by atoms with Crippen molar-refractivity contribution in [2.45, 2.75) is 32.0 Å². The van der Waals surface area contributed by atoms with E-state index in [0.717, 1.165) is 4.47 Å². The quantitative estimate of drug-likeness (QED) is 0.498. The lowest BCUT2D eigenvalue weighted by Crippen LogP contribution is -2.68. The van der Waals surface area contributed by atoms with Crippen molar-refractivity contribution in [3.8, 4) is 5.75 Å². The van der Waals surface area contributed by atoms with Crippen LogP contribution in [0.4, 0.5) is 0 Å². The fraction of sp³-hybridized carbons (Fsp3) is 0.438. The molecule has 0 bridgehead atoms. The number of hydrogen-bond donors (Lipinski definition) is 0. The van der Waals surface area contributed by atoms with Gasteiger partial charge in [-0.25, -0.2) is 0 Å². The lowest BCUT2D eigenvalue weighted by Gasteiger charge is -2.47. The van der Waals surface area contributed by atoms with Gasteiger partial charge in [0.1, 0.15) is 5.75 Å². The zero-order chi connectivity index (χ0) is 17.9. The molecular weight excluding hydrogens is 397 g/mol. The van der Waals surface area contributed by atoms with Gasteiger partial charge in [0, 0.05) is 26.1 Å². The molecule has 0 radical (unpaired) electrons. The summed E-state index contributed by atoms with van der Waals surface area (Å²) in [5, 5.41) is 0. The van der Waals surface area contributed by atoms with Crippen LogP contribution in [0, 0.1) is 0 Å². The normalized spacial score (nSPS) is 21.4. The van der Waals surface area contributed by atoms with Crippen LogP contribution in [0.5, 0.6) is 5.75 Å². The van der Waals surface area contributed by atoms with Crippen LogP contribution in [-0.4, -0.2) is 43.2 Å². The molecule has 0 aromatic heterocycles. The fourth-order valence-electron chi connectivity index (χ4n) is 2.48. The van der Waals surface area contributed by atoms with Gasteiger partial charge in [0.2, 0.25) is 6.10 Å². The highest BCUT2D eigenvalue weighted by Crippen LogP contribution is 2.48. The number of para-hydroxylation sites is 1. The highest BCUT2D eigenvalue weighted by molar-refractivity contribution is 9.10. The highest BCUT2D eigenvalue weighted by atomic mass is 79.9. The van der Waals surface area contributed by atoms with Gasteiger partial charge in [-0.05, 0) is 48.0 Å². The first-order valence-electron chi connectivity index (χ1n) is 7.47. The van der Waals surface area contributed by atoms with Crippen LogP contribution < -0.4 is 4.74 Å². The molecule has 0 aliphatic carbocycles. The Morgan fingerprint density at radius 3 is 2.42 bits per heavy atom. The number of amides is 1. The number of halogens is 1. The molecular formula is C16H21BrNO5P. The Morgan fingerprint density at radius 1 is 1.25 bits per heavy atom. The molecule has 6 nitrogen and oxygen atoms in total. The minimum atomic E-state index is -3.29. The van der Waals surface area contributed by atoms with Crippen molar-refractivity contribution >= 4 is 29.4 Å². The standard InChI is InChI=1S/C16H21BrNO5P/c1-11(2)18-13(9-10-24(20,21-3)22-4)15(16(18)19)23-14-8-6-5-7-12(14)17/h5-11,13,15H,1-4H3/b10-9+/t13-,15+/m1/s1. The number of hydrogen-bond acceptors (Lipinski definition) is 5. The number of likely N-dealkylation sites (tertiary alicyclic amines) is 1. The van der Waals surface area contributed by atoms with Crippen molar-refractivity contribution < 1.29 is 23.1 Å². The second-order valence-electron chi connectivity index (χ2n) is 5.55. The van der Waals surface area contributed by atoms with E-state index in [1.165, 1.54) is 20.0 Å². The molecule has 1 aromatic carbocycles. The molecule has 1 heterocycles. The van der Waals surface area contributed by atoms with Crippen LogP contribution >= 0.6 is 23.5 Å². The Hall–Kier alpha value is -1.14. The smallest absolute Gasteiger partial charge is 0.353 e. The lowest BCUT2D eigenvalue weighted by atomic mass is 9.95. The third kappa shape index (κ3) is 3.91. The van der Waals surface area contributed by atoms with Crippen LogP contribution in [0.1, 0.15) is 13.8 Å². The average Bonchev–Trinajstić information content (AvgIpc) is 2.56. The highest BCUT2D eigenvalue weighted by Gasteiger charge is 2.49. The maximum Gasteiger partial charge on any atom is 0.353 e. The van der Waals surface area contributed by atoms with E-state index in [1.807, 2.05) is 32.0 Å². The fourth-order valence-corrected chi connectivity index (χ4v) is 3.64. The van der Waals surface area contributed by atoms with Gasteiger partial charge in [0.25, 0.3) is 5.91 Å². The van der Waals surface area contributed by atoms with Crippen molar-refractivity contribution in [2.75, 3.05) is 14.2 Å². The van der Waals surface area contributed by atoms with Gasteiger partial charge < -0.3 is 18.7 Å². The van der Waals surface area contributed by atoms with Crippen LogP contribution in [0.2, 0.25) is 0 Å². The third-order valence-electron chi connectivity index (χ3n) is 3.75. The minimum absolute atomic E-state index is 0.00399. The summed E-state index contributed by atoms with van der Waals surface area (Å²) >= 11 is 3.40. The summed E-state index contributed by atoms with van der Waals surface area (Å²) < 4.78 is 28.6. The molecule has 0 spiro atoms. The first-order chi connectivity index (χ1) is 11.3. The summed E-state index contributed by atoms with van der Waals surface area (Å²) in [7, 11) is -0.662. The van der Waals surface area contributed by atoms with Crippen LogP contribution in [0.15, 0.2) is 40.6 Å². The molecule has 1 saturated heterocycles. The van der Waals surface area contributed by atoms with Crippen molar-refractivity contribution in [3.63, 3.8) is 0 Å². The van der Waals surface area contributed by atoms with Gasteiger partial charge in [-0.3, -0.25) is 9.36 Å². The Labute approximate surface area is 150 Å². The summed E-state index contributed by atoms with van der Waals surface area (Å²) in [5.74, 6) is 1.84. The molecule has 1 fully saturated rings. The van der Waals surface area contributed by atoms with Crippen LogP contribution in [-0.2, 0) is 18.4 Å². The number of ether oxygens (including phenoxy) is 1. The summed E-state index contributed by atoms with van der Waals surface area (Å²) in [6.45, 7) is 3.83. The van der Waals surface area contributed by atoms with Crippen molar-refractivity contribution in [1.29, 1.82) is 0 Å². The van der Waals surface area contributed by atoms with E-state index < -0.39 is 13.7 Å². The molecule has 2 atom stereocenters. The van der Waals surface area contributed by atoms with Crippen molar-refractivity contribution in [2.24, 2.45) is 0 Å². The number of carbonyl (C=O) groups is 1. The minimum Gasteiger partial charge on any atom is -0.477 e. The molecule has 0 N–H and O–H groups in total. The first-order valence-corrected chi connectivity index (χ1v) is 9.87. The molecule has 1 amide bonds. The molecule has 8 heteroatoms. The van der Waals surface area contributed by atoms with Gasteiger partial charge in [-0.2, -0.15) is 0 Å². The van der Waals surface area contributed by atoms with Gasteiger partial charge >= 0.3 is 7.60 Å². The molecule has 1 aliphatic rings. The Bertz CT molecular complexity index is 670. The van der Waals surface area contributed by atoms with E-state index in [2.05, 4.69) is 15.9 Å². The predicted octanol–water partition coefficient (Wildman–Crippen LogP) is 3.82. The van der Waals surface area contributed by atoms with Crippen LogP contribution in [0.25, 0.3) is 0 Å². The lowest BCUT2D eigenvalue weighted by molar-refractivity contribution is -0.162. The molecule has 1 aromatic rings. The number of benzene rings is 1. The van der Waals surface area contributed by atoms with E-state index in [-0.39, 0.29) is 18.0 Å². The molecule has 0 unspecified atom stereocenters. The average molecular weight is 418 g/mol. The van der Waals surface area contributed by atoms with Gasteiger partial charge in [-0.15, -0.1) is 0 Å². The summed E-state index contributed by atoms with van der Waals surface area (Å²) in [4.78, 5) is 14.1. The van der Waals surface area contributed by atoms with Crippen LogP contribution in [0.3, 0.4) is 0 Å². The van der Waals surface area contributed by atoms with Crippen molar-refractivity contribution in [3.05, 3.63) is 40.6 Å². The predicted molar refractivity (Wildman–Crippen MR) is 95.1 cm³/mol. The molecule has 132 valence electrons. The van der Waals surface area contributed by atoms with E-state index >= 15 is 0 Å². The largest absolute Gasteiger partial charge is 0.477 e. The summed E-state index contributed by atoms with van der Waals surface area (Å²) in [6.07, 6.45) is 0.973. The zero-order valence-electron chi connectivity index (χ0n) is 14.0. The van der Waals surface area contributed by atoms with E-state index in [0.29, 0.717) is 5.75 Å². The van der Waals surface area contributed by atoms with Gasteiger partial charge in [0.05, 0.1) is 10.5 Å². The summed E-state index contributed by atoms with van der Waals surface area (Å²) in [6, 6.07) is 6.97. The maximum absolute atomic E-state index is 12.4. The number of carbonyl (C=O) groups excluding carboxylic acids is 1. The van der Waals surface area contributed by atoms with Crippen molar-refractivity contribution in [1.82, 2.24) is 4.90 Å². The van der Waals surface area contributed by atoms with E-state index in [4.69, 9.17) is 13.8 Å². The molecule has 24 heavy (non-hydrogen) atoms. The number of β-lactam (4-membered cyclic amide) rings is 1. The van der Waals surface area contributed by atoms with E-state index in [1.54, 1.807) is 17.0 Å². The molecule has 2 rings (SSSR count). The topological polar surface area (TPSA) is 65.1 Å². The summed E-state index contributed by atoms with van der Waals surface area (Å²) in [5.41, 5.74) is 0. The van der Waals surface area contributed by atoms with Gasteiger partial charge in [-0.1, -0.05) is 12.1 Å². The number of rotatable bonds is 7. The Balaban J connectivity index is 2.23. The molecule has 0 saturated carbocycles.